The molecule has 146 valence electrons. The molecule has 4 aromatic rings. The Hall–Kier alpha value is -3.67. The summed E-state index contributed by atoms with van der Waals surface area (Å²) in [5, 5.41) is 11.9. The number of hydrogen-bond donors (Lipinski definition) is 1. The van der Waals surface area contributed by atoms with Crippen LogP contribution in [0.15, 0.2) is 66.7 Å². The molecule has 4 rings (SSSR count). The molecule has 6 nitrogen and oxygen atoms in total. The number of nitrogens with zero attached hydrogens (tertiary/aromatic N) is 3. The summed E-state index contributed by atoms with van der Waals surface area (Å²) < 4.78 is 5.55. The molecule has 0 aliphatic heterocycles. The fourth-order valence-corrected chi connectivity index (χ4v) is 2.91. The Labute approximate surface area is 169 Å². The van der Waals surface area contributed by atoms with Crippen molar-refractivity contribution in [3.05, 3.63) is 77.9 Å². The van der Waals surface area contributed by atoms with Crippen molar-refractivity contribution in [2.75, 3.05) is 11.9 Å². The third-order valence-corrected chi connectivity index (χ3v) is 4.49. The van der Waals surface area contributed by atoms with Gasteiger partial charge < -0.3 is 10.1 Å². The highest BCUT2D eigenvalue weighted by Gasteiger charge is 2.09. The highest BCUT2D eigenvalue weighted by Crippen LogP contribution is 2.19. The molecule has 1 N–H and O–H groups in total. The van der Waals surface area contributed by atoms with Gasteiger partial charge in [0.05, 0.1) is 12.3 Å². The van der Waals surface area contributed by atoms with E-state index in [2.05, 4.69) is 22.4 Å². The minimum Gasteiger partial charge on any atom is -0.494 e. The van der Waals surface area contributed by atoms with E-state index >= 15 is 0 Å². The maximum absolute atomic E-state index is 12.5. The van der Waals surface area contributed by atoms with Gasteiger partial charge in [-0.25, -0.2) is 0 Å². The monoisotopic (exact) mass is 386 g/mol. The van der Waals surface area contributed by atoms with Crippen LogP contribution in [0.25, 0.3) is 16.7 Å². The van der Waals surface area contributed by atoms with Gasteiger partial charge in [-0.3, -0.25) is 4.79 Å². The number of anilines is 1. The maximum atomic E-state index is 12.5. The average molecular weight is 386 g/mol. The molecule has 0 aliphatic carbocycles. The van der Waals surface area contributed by atoms with E-state index in [1.165, 1.54) is 5.56 Å². The predicted octanol–water partition coefficient (Wildman–Crippen LogP) is 4.77. The van der Waals surface area contributed by atoms with E-state index < -0.39 is 0 Å². The number of fused-ring (bicyclic) bond motifs is 1. The molecular weight excluding hydrogens is 364 g/mol. The average Bonchev–Trinajstić information content (AvgIpc) is 3.16. The molecule has 1 aromatic heterocycles. The zero-order valence-electron chi connectivity index (χ0n) is 16.4. The van der Waals surface area contributed by atoms with Gasteiger partial charge in [-0.2, -0.15) is 4.80 Å². The number of rotatable bonds is 6. The van der Waals surface area contributed by atoms with Crippen LogP contribution < -0.4 is 10.1 Å². The molecule has 29 heavy (non-hydrogen) atoms. The van der Waals surface area contributed by atoms with Crippen LogP contribution in [0.2, 0.25) is 0 Å². The normalized spacial score (nSPS) is 10.8. The minimum absolute atomic E-state index is 0.183. The second-order valence-corrected chi connectivity index (χ2v) is 6.86. The number of aryl methyl sites for hydroxylation is 1. The second-order valence-electron chi connectivity index (χ2n) is 6.86. The Kier molecular flexibility index (Phi) is 5.24. The summed E-state index contributed by atoms with van der Waals surface area (Å²) in [6.07, 6.45) is 0.944. The summed E-state index contributed by atoms with van der Waals surface area (Å²) in [5.41, 5.74) is 4.79. The quantitative estimate of drug-likeness (QED) is 0.518. The van der Waals surface area contributed by atoms with E-state index in [9.17, 15) is 4.79 Å². The number of amides is 1. The van der Waals surface area contributed by atoms with Gasteiger partial charge in [-0.05, 0) is 67.9 Å². The number of benzene rings is 3. The molecule has 0 spiro atoms. The topological polar surface area (TPSA) is 69.0 Å². The molecule has 0 unspecified atom stereocenters. The van der Waals surface area contributed by atoms with Crippen LogP contribution in [0.4, 0.5) is 5.69 Å². The largest absolute Gasteiger partial charge is 0.494 e. The van der Waals surface area contributed by atoms with E-state index in [-0.39, 0.29) is 5.91 Å². The second kappa shape index (κ2) is 8.14. The molecule has 0 saturated carbocycles. The van der Waals surface area contributed by atoms with Crippen LogP contribution in [0, 0.1) is 6.92 Å². The molecule has 0 atom stereocenters. The Bertz CT molecular complexity index is 1130. The highest BCUT2D eigenvalue weighted by molar-refractivity contribution is 6.05. The third-order valence-electron chi connectivity index (χ3n) is 4.49. The molecular formula is C23H22N4O2. The first kappa shape index (κ1) is 18.7. The zero-order chi connectivity index (χ0) is 20.2. The molecule has 0 fully saturated rings. The Morgan fingerprint density at radius 3 is 2.41 bits per heavy atom. The van der Waals surface area contributed by atoms with Crippen molar-refractivity contribution >= 4 is 22.6 Å². The summed E-state index contributed by atoms with van der Waals surface area (Å²) >= 11 is 0. The molecule has 1 heterocycles. The zero-order valence-corrected chi connectivity index (χ0v) is 16.4. The summed E-state index contributed by atoms with van der Waals surface area (Å²) in [7, 11) is 0. The van der Waals surface area contributed by atoms with E-state index in [1.54, 1.807) is 29.1 Å². The van der Waals surface area contributed by atoms with Crippen LogP contribution in [0.5, 0.6) is 5.75 Å². The lowest BCUT2D eigenvalue weighted by atomic mass is 10.2. The van der Waals surface area contributed by atoms with Gasteiger partial charge in [0.2, 0.25) is 0 Å². The number of carbonyl (C=O) groups is 1. The van der Waals surface area contributed by atoms with Gasteiger partial charge in [0.1, 0.15) is 16.8 Å². The number of hydrogen-bond acceptors (Lipinski definition) is 4. The molecule has 0 saturated heterocycles. The molecule has 6 heteroatoms. The Morgan fingerprint density at radius 2 is 1.69 bits per heavy atom. The van der Waals surface area contributed by atoms with Crippen molar-refractivity contribution in [2.24, 2.45) is 0 Å². The number of carbonyl (C=O) groups excluding carboxylic acids is 1. The SMILES string of the molecule is CCCOc1ccc(C(=O)Nc2ccc3nn(-c4ccc(C)cc4)nc3c2)cc1. The summed E-state index contributed by atoms with van der Waals surface area (Å²) in [5.74, 6) is 0.579. The van der Waals surface area contributed by atoms with Crippen LogP contribution >= 0.6 is 0 Å². The van der Waals surface area contributed by atoms with E-state index in [0.29, 0.717) is 23.4 Å². The Morgan fingerprint density at radius 1 is 0.966 bits per heavy atom. The fraction of sp³-hybridized carbons (Fsp3) is 0.174. The third kappa shape index (κ3) is 4.27. The smallest absolute Gasteiger partial charge is 0.255 e. The highest BCUT2D eigenvalue weighted by atomic mass is 16.5. The van der Waals surface area contributed by atoms with Crippen molar-refractivity contribution in [1.82, 2.24) is 15.0 Å². The molecule has 0 aliphatic rings. The van der Waals surface area contributed by atoms with Gasteiger partial charge in [0.25, 0.3) is 5.91 Å². The van der Waals surface area contributed by atoms with Crippen LogP contribution in [0.1, 0.15) is 29.3 Å². The number of ether oxygens (including phenoxy) is 1. The van der Waals surface area contributed by atoms with Crippen molar-refractivity contribution in [3.63, 3.8) is 0 Å². The maximum Gasteiger partial charge on any atom is 0.255 e. The van der Waals surface area contributed by atoms with Crippen LogP contribution in [-0.4, -0.2) is 27.5 Å². The lowest BCUT2D eigenvalue weighted by Crippen LogP contribution is -2.11. The van der Waals surface area contributed by atoms with E-state index in [1.807, 2.05) is 49.4 Å². The first-order valence-corrected chi connectivity index (χ1v) is 9.61. The fourth-order valence-electron chi connectivity index (χ4n) is 2.91. The summed E-state index contributed by atoms with van der Waals surface area (Å²) in [4.78, 5) is 14.1. The van der Waals surface area contributed by atoms with Gasteiger partial charge in [-0.1, -0.05) is 24.6 Å². The van der Waals surface area contributed by atoms with Gasteiger partial charge in [0.15, 0.2) is 0 Å². The lowest BCUT2D eigenvalue weighted by molar-refractivity contribution is 0.102. The predicted molar refractivity (Wildman–Crippen MR) is 114 cm³/mol. The molecule has 1 amide bonds. The van der Waals surface area contributed by atoms with Gasteiger partial charge in [0, 0.05) is 11.3 Å². The van der Waals surface area contributed by atoms with E-state index in [0.717, 1.165) is 23.4 Å². The lowest BCUT2D eigenvalue weighted by Gasteiger charge is -2.07. The standard InChI is InChI=1S/C23H22N4O2/c1-3-14-29-20-11-6-17(7-12-20)23(28)24-18-8-13-21-22(15-18)26-27(25-21)19-9-4-16(2)5-10-19/h4-13,15H,3,14H2,1-2H3,(H,24,28). The molecule has 0 radical (unpaired) electrons. The molecule has 3 aromatic carbocycles. The first-order chi connectivity index (χ1) is 14.1. The van der Waals surface area contributed by atoms with Crippen molar-refractivity contribution in [3.8, 4) is 11.4 Å². The summed E-state index contributed by atoms with van der Waals surface area (Å²) in [6.45, 7) is 4.75. The van der Waals surface area contributed by atoms with Crippen molar-refractivity contribution in [1.29, 1.82) is 0 Å². The van der Waals surface area contributed by atoms with Crippen molar-refractivity contribution < 1.29 is 9.53 Å². The number of aromatic nitrogens is 3. The van der Waals surface area contributed by atoms with Crippen molar-refractivity contribution in [2.45, 2.75) is 20.3 Å². The van der Waals surface area contributed by atoms with Crippen LogP contribution in [0.3, 0.4) is 0 Å². The minimum atomic E-state index is -0.183. The summed E-state index contributed by atoms with van der Waals surface area (Å²) in [6, 6.07) is 20.6. The van der Waals surface area contributed by atoms with Crippen LogP contribution in [-0.2, 0) is 0 Å². The first-order valence-electron chi connectivity index (χ1n) is 9.61. The van der Waals surface area contributed by atoms with E-state index in [4.69, 9.17) is 4.74 Å². The van der Waals surface area contributed by atoms with Gasteiger partial charge >= 0.3 is 0 Å². The van der Waals surface area contributed by atoms with Gasteiger partial charge in [-0.15, -0.1) is 10.2 Å². The number of nitrogens with one attached hydrogen (secondary N) is 1. The Balaban J connectivity index is 1.50. The molecule has 0 bridgehead atoms.